The molecule has 0 radical (unpaired) electrons. The minimum absolute atomic E-state index is 0. The molecule has 0 heterocycles. The lowest BCUT2D eigenvalue weighted by Crippen LogP contribution is -2.36. The lowest BCUT2D eigenvalue weighted by molar-refractivity contribution is 0.185. The van der Waals surface area contributed by atoms with Gasteiger partial charge in [0.1, 0.15) is 0 Å². The van der Waals surface area contributed by atoms with Crippen molar-refractivity contribution in [3.63, 3.8) is 0 Å². The van der Waals surface area contributed by atoms with Crippen LogP contribution in [0, 0.1) is 0 Å². The zero-order chi connectivity index (χ0) is 20.4. The van der Waals surface area contributed by atoms with E-state index in [-0.39, 0.29) is 24.0 Å². The summed E-state index contributed by atoms with van der Waals surface area (Å²) in [5.41, 5.74) is 3.30. The van der Waals surface area contributed by atoms with Crippen molar-refractivity contribution in [1.82, 2.24) is 10.6 Å². The predicted molar refractivity (Wildman–Crippen MR) is 126 cm³/mol. The van der Waals surface area contributed by atoms with Crippen molar-refractivity contribution in [2.24, 2.45) is 4.99 Å². The maximum absolute atomic E-state index is 5.40. The lowest BCUT2D eigenvalue weighted by atomic mass is 10.1. The van der Waals surface area contributed by atoms with Crippen LogP contribution in [0.15, 0.2) is 41.4 Å². The Balaban J connectivity index is 0.00000420. The van der Waals surface area contributed by atoms with Crippen molar-refractivity contribution in [3.8, 4) is 17.2 Å². The van der Waals surface area contributed by atoms with Crippen LogP contribution in [0.1, 0.15) is 16.7 Å². The highest BCUT2D eigenvalue weighted by Crippen LogP contribution is 2.38. The lowest BCUT2D eigenvalue weighted by Gasteiger charge is -2.16. The van der Waals surface area contributed by atoms with Gasteiger partial charge in [-0.3, -0.25) is 4.99 Å². The number of guanidine groups is 1. The summed E-state index contributed by atoms with van der Waals surface area (Å²) >= 11 is 0. The molecule has 0 atom stereocenters. The van der Waals surface area contributed by atoms with Gasteiger partial charge in [0.15, 0.2) is 17.5 Å². The molecule has 0 fully saturated rings. The second kappa shape index (κ2) is 13.1. The summed E-state index contributed by atoms with van der Waals surface area (Å²) in [5.74, 6) is 2.53. The molecule has 8 heteroatoms. The standard InChI is InChI=1S/C21H29N3O4.HI/c1-22-21(23-12-15-6-8-16(9-7-15)14-25-2)24-13-17-10-18(26-3)20(28-5)19(11-17)27-4;/h6-11H,12-14H2,1-5H3,(H2,22,23,24);1H. The van der Waals surface area contributed by atoms with E-state index in [1.54, 1.807) is 35.5 Å². The van der Waals surface area contributed by atoms with Gasteiger partial charge in [-0.1, -0.05) is 24.3 Å². The normalized spacial score (nSPS) is 10.7. The number of rotatable bonds is 9. The maximum Gasteiger partial charge on any atom is 0.203 e. The molecule has 2 aromatic rings. The number of nitrogens with one attached hydrogen (secondary N) is 2. The summed E-state index contributed by atoms with van der Waals surface area (Å²) in [4.78, 5) is 4.27. The van der Waals surface area contributed by atoms with Crippen molar-refractivity contribution >= 4 is 29.9 Å². The van der Waals surface area contributed by atoms with E-state index in [0.29, 0.717) is 42.9 Å². The van der Waals surface area contributed by atoms with Gasteiger partial charge in [-0.25, -0.2) is 0 Å². The minimum atomic E-state index is 0. The van der Waals surface area contributed by atoms with Crippen LogP contribution in [0.2, 0.25) is 0 Å². The first-order valence-electron chi connectivity index (χ1n) is 8.95. The van der Waals surface area contributed by atoms with E-state index < -0.39 is 0 Å². The van der Waals surface area contributed by atoms with Gasteiger partial charge in [0.05, 0.1) is 27.9 Å². The van der Waals surface area contributed by atoms with Crippen molar-refractivity contribution < 1.29 is 18.9 Å². The number of ether oxygens (including phenoxy) is 4. The molecule has 2 N–H and O–H groups in total. The Kier molecular flexibility index (Phi) is 11.2. The van der Waals surface area contributed by atoms with Crippen molar-refractivity contribution in [2.45, 2.75) is 19.7 Å². The average molecular weight is 515 g/mol. The summed E-state index contributed by atoms with van der Waals surface area (Å²) in [6, 6.07) is 12.1. The molecule has 0 aliphatic carbocycles. The fourth-order valence-electron chi connectivity index (χ4n) is 2.75. The van der Waals surface area contributed by atoms with E-state index in [9.17, 15) is 0 Å². The smallest absolute Gasteiger partial charge is 0.203 e. The van der Waals surface area contributed by atoms with Gasteiger partial charge in [-0.05, 0) is 28.8 Å². The Morgan fingerprint density at radius 2 is 1.31 bits per heavy atom. The molecule has 29 heavy (non-hydrogen) atoms. The number of hydrogen-bond acceptors (Lipinski definition) is 5. The highest BCUT2D eigenvalue weighted by molar-refractivity contribution is 14.0. The van der Waals surface area contributed by atoms with E-state index in [2.05, 4.69) is 39.9 Å². The zero-order valence-electron chi connectivity index (χ0n) is 17.6. The third-order valence-electron chi connectivity index (χ3n) is 4.20. The molecule has 7 nitrogen and oxygen atoms in total. The maximum atomic E-state index is 5.40. The predicted octanol–water partition coefficient (Wildman–Crippen LogP) is 3.34. The number of nitrogens with zero attached hydrogens (tertiary/aromatic N) is 1. The van der Waals surface area contributed by atoms with E-state index in [1.807, 2.05) is 12.1 Å². The van der Waals surface area contributed by atoms with Gasteiger partial charge in [0.2, 0.25) is 5.75 Å². The third kappa shape index (κ3) is 7.28. The fourth-order valence-corrected chi connectivity index (χ4v) is 2.75. The molecule has 0 aliphatic rings. The second-order valence-corrected chi connectivity index (χ2v) is 6.06. The molecule has 0 saturated heterocycles. The zero-order valence-corrected chi connectivity index (χ0v) is 19.9. The number of aliphatic imine (C=N–C) groups is 1. The molecule has 0 spiro atoms. The monoisotopic (exact) mass is 515 g/mol. The van der Waals surface area contributed by atoms with Crippen LogP contribution in [0.4, 0.5) is 0 Å². The van der Waals surface area contributed by atoms with Crippen molar-refractivity contribution in [1.29, 1.82) is 0 Å². The summed E-state index contributed by atoms with van der Waals surface area (Å²) in [5, 5.41) is 6.60. The van der Waals surface area contributed by atoms with Crippen molar-refractivity contribution in [3.05, 3.63) is 53.1 Å². The van der Waals surface area contributed by atoms with Crippen LogP contribution in [-0.4, -0.2) is 41.4 Å². The molecule has 2 aromatic carbocycles. The van der Waals surface area contributed by atoms with Crippen LogP contribution in [0.3, 0.4) is 0 Å². The van der Waals surface area contributed by atoms with Gasteiger partial charge in [-0.2, -0.15) is 0 Å². The molecule has 0 amide bonds. The Morgan fingerprint density at radius 3 is 1.76 bits per heavy atom. The van der Waals surface area contributed by atoms with Crippen LogP contribution in [-0.2, 0) is 24.4 Å². The van der Waals surface area contributed by atoms with Crippen LogP contribution in [0.25, 0.3) is 0 Å². The molecule has 0 aliphatic heterocycles. The number of halogens is 1. The second-order valence-electron chi connectivity index (χ2n) is 6.06. The van der Waals surface area contributed by atoms with Crippen LogP contribution in [0.5, 0.6) is 17.2 Å². The van der Waals surface area contributed by atoms with Gasteiger partial charge in [-0.15, -0.1) is 24.0 Å². The molecule has 0 bridgehead atoms. The van der Waals surface area contributed by atoms with Crippen LogP contribution < -0.4 is 24.8 Å². The molecule has 0 unspecified atom stereocenters. The Hall–Kier alpha value is -2.20. The third-order valence-corrected chi connectivity index (χ3v) is 4.20. The van der Waals surface area contributed by atoms with E-state index in [1.165, 1.54) is 0 Å². The van der Waals surface area contributed by atoms with Gasteiger partial charge in [0, 0.05) is 27.2 Å². The largest absolute Gasteiger partial charge is 0.493 e. The minimum Gasteiger partial charge on any atom is -0.493 e. The summed E-state index contributed by atoms with van der Waals surface area (Å²) < 4.78 is 21.3. The number of hydrogen-bond donors (Lipinski definition) is 2. The SMILES string of the molecule is CN=C(NCc1ccc(COC)cc1)NCc1cc(OC)c(OC)c(OC)c1.I. The fraction of sp³-hybridized carbons (Fsp3) is 0.381. The molecule has 0 aromatic heterocycles. The average Bonchev–Trinajstić information content (AvgIpc) is 2.74. The van der Waals surface area contributed by atoms with E-state index in [0.717, 1.165) is 16.7 Å². The quantitative estimate of drug-likeness (QED) is 0.303. The van der Waals surface area contributed by atoms with Crippen molar-refractivity contribution in [2.75, 3.05) is 35.5 Å². The first kappa shape index (κ1) is 24.8. The molecular formula is C21H30IN3O4. The molecule has 2 rings (SSSR count). The highest BCUT2D eigenvalue weighted by Gasteiger charge is 2.13. The van der Waals surface area contributed by atoms with Gasteiger partial charge < -0.3 is 29.6 Å². The first-order chi connectivity index (χ1) is 13.6. The van der Waals surface area contributed by atoms with E-state index >= 15 is 0 Å². The van der Waals surface area contributed by atoms with Gasteiger partial charge >= 0.3 is 0 Å². The van der Waals surface area contributed by atoms with E-state index in [4.69, 9.17) is 18.9 Å². The Bertz CT molecular complexity index is 757. The number of benzene rings is 2. The Labute approximate surface area is 189 Å². The summed E-state index contributed by atoms with van der Waals surface area (Å²) in [6.45, 7) is 1.84. The topological polar surface area (TPSA) is 73.3 Å². The Morgan fingerprint density at radius 1 is 0.793 bits per heavy atom. The van der Waals surface area contributed by atoms with Crippen LogP contribution >= 0.6 is 24.0 Å². The highest BCUT2D eigenvalue weighted by atomic mass is 127. The molecule has 0 saturated carbocycles. The summed E-state index contributed by atoms with van der Waals surface area (Å²) in [6.07, 6.45) is 0. The molecule has 160 valence electrons. The molecular weight excluding hydrogens is 485 g/mol. The first-order valence-corrected chi connectivity index (χ1v) is 8.95. The number of methoxy groups -OCH3 is 4. The van der Waals surface area contributed by atoms with Gasteiger partial charge in [0.25, 0.3) is 0 Å². The summed E-state index contributed by atoms with van der Waals surface area (Å²) in [7, 11) is 8.23.